The van der Waals surface area contributed by atoms with E-state index < -0.39 is 0 Å². The van der Waals surface area contributed by atoms with E-state index in [0.717, 1.165) is 21.8 Å². The molecule has 0 spiro atoms. The Balaban J connectivity index is 2.05. The van der Waals surface area contributed by atoms with Gasteiger partial charge in [0.1, 0.15) is 0 Å². The molecule has 0 bridgehead atoms. The molecule has 3 heteroatoms. The third kappa shape index (κ3) is 2.17. The molecule has 0 aliphatic heterocycles. The molecule has 0 amide bonds. The lowest BCUT2D eigenvalue weighted by Crippen LogP contribution is -1.84. The number of pyridine rings is 1. The molecule has 0 radical (unpaired) electrons. The van der Waals surface area contributed by atoms with Gasteiger partial charge in [-0.15, -0.1) is 11.3 Å². The molecule has 0 N–H and O–H groups in total. The van der Waals surface area contributed by atoms with Crippen LogP contribution >= 0.6 is 11.3 Å². The Morgan fingerprint density at radius 2 is 1.72 bits per heavy atom. The summed E-state index contributed by atoms with van der Waals surface area (Å²) in [6.45, 7) is 2.02. The van der Waals surface area contributed by atoms with E-state index in [0.29, 0.717) is 0 Å². The fraction of sp³-hybridized carbons (Fsp3) is 0.0667. The molecule has 2 heterocycles. The molecule has 0 saturated carbocycles. The number of hydrogen-bond donors (Lipinski definition) is 0. The fourth-order valence-corrected chi connectivity index (χ4v) is 2.49. The topological polar surface area (TPSA) is 25.8 Å². The molecular weight excluding hydrogens is 240 g/mol. The zero-order valence-electron chi connectivity index (χ0n) is 10.00. The van der Waals surface area contributed by atoms with Crippen molar-refractivity contribution in [2.45, 2.75) is 6.92 Å². The lowest BCUT2D eigenvalue weighted by molar-refractivity contribution is 1.27. The van der Waals surface area contributed by atoms with Gasteiger partial charge in [0.25, 0.3) is 0 Å². The van der Waals surface area contributed by atoms with Gasteiger partial charge in [-0.25, -0.2) is 4.98 Å². The van der Waals surface area contributed by atoms with E-state index >= 15 is 0 Å². The van der Waals surface area contributed by atoms with Gasteiger partial charge in [0.15, 0.2) is 0 Å². The number of hydrogen-bond acceptors (Lipinski definition) is 3. The van der Waals surface area contributed by atoms with Crippen LogP contribution in [-0.4, -0.2) is 9.97 Å². The van der Waals surface area contributed by atoms with Gasteiger partial charge in [-0.3, -0.25) is 4.98 Å². The van der Waals surface area contributed by atoms with Crippen LogP contribution in [0.5, 0.6) is 0 Å². The zero-order chi connectivity index (χ0) is 12.4. The fourth-order valence-electron chi connectivity index (χ4n) is 1.86. The summed E-state index contributed by atoms with van der Waals surface area (Å²) < 4.78 is 0. The monoisotopic (exact) mass is 252 g/mol. The van der Waals surface area contributed by atoms with Crippen molar-refractivity contribution in [2.75, 3.05) is 0 Å². The molecule has 2 nitrogen and oxygen atoms in total. The third-order valence-electron chi connectivity index (χ3n) is 2.76. The summed E-state index contributed by atoms with van der Waals surface area (Å²) in [7, 11) is 0. The standard InChI is InChI=1S/C15H12N2S/c1-11-17-15(10-18-11)14-7-13(8-16-9-14)12-5-3-2-4-6-12/h2-10H,1H3. The zero-order valence-corrected chi connectivity index (χ0v) is 10.8. The minimum atomic E-state index is 1.00. The maximum atomic E-state index is 4.49. The SMILES string of the molecule is Cc1nc(-c2cncc(-c3ccccc3)c2)cs1. The molecule has 0 aliphatic carbocycles. The first-order valence-electron chi connectivity index (χ1n) is 5.76. The number of nitrogens with zero attached hydrogens (tertiary/aromatic N) is 2. The minimum Gasteiger partial charge on any atom is -0.263 e. The van der Waals surface area contributed by atoms with Crippen LogP contribution in [0.25, 0.3) is 22.4 Å². The molecule has 88 valence electrons. The van der Waals surface area contributed by atoms with Crippen LogP contribution in [0.15, 0.2) is 54.2 Å². The molecular formula is C15H12N2S. The lowest BCUT2D eigenvalue weighted by Gasteiger charge is -2.02. The van der Waals surface area contributed by atoms with Gasteiger partial charge in [0, 0.05) is 28.9 Å². The highest BCUT2D eigenvalue weighted by molar-refractivity contribution is 7.09. The first kappa shape index (κ1) is 11.1. The van der Waals surface area contributed by atoms with Crippen molar-refractivity contribution >= 4 is 11.3 Å². The van der Waals surface area contributed by atoms with E-state index in [1.54, 1.807) is 11.3 Å². The molecule has 0 saturated heterocycles. The Labute approximate surface area is 110 Å². The second-order valence-corrected chi connectivity index (χ2v) is 5.14. The number of benzene rings is 1. The Morgan fingerprint density at radius 3 is 2.44 bits per heavy atom. The maximum absolute atomic E-state index is 4.49. The Kier molecular flexibility index (Phi) is 2.90. The minimum absolute atomic E-state index is 1.00. The van der Waals surface area contributed by atoms with Crippen LogP contribution in [0.3, 0.4) is 0 Å². The predicted octanol–water partition coefficient (Wildman–Crippen LogP) is 4.18. The van der Waals surface area contributed by atoms with Crippen LogP contribution in [0, 0.1) is 6.92 Å². The highest BCUT2D eigenvalue weighted by Gasteiger charge is 2.04. The lowest BCUT2D eigenvalue weighted by atomic mass is 10.1. The van der Waals surface area contributed by atoms with Crippen molar-refractivity contribution in [3.63, 3.8) is 0 Å². The molecule has 1 aromatic carbocycles. The van der Waals surface area contributed by atoms with Crippen LogP contribution < -0.4 is 0 Å². The van der Waals surface area contributed by atoms with E-state index in [1.165, 1.54) is 5.56 Å². The van der Waals surface area contributed by atoms with E-state index in [4.69, 9.17) is 0 Å². The average Bonchev–Trinajstić information content (AvgIpc) is 2.87. The maximum Gasteiger partial charge on any atom is 0.0901 e. The van der Waals surface area contributed by atoms with Gasteiger partial charge < -0.3 is 0 Å². The molecule has 2 aromatic heterocycles. The summed E-state index contributed by atoms with van der Waals surface area (Å²) >= 11 is 1.66. The second kappa shape index (κ2) is 4.70. The van der Waals surface area contributed by atoms with E-state index in [-0.39, 0.29) is 0 Å². The normalized spacial score (nSPS) is 10.5. The van der Waals surface area contributed by atoms with E-state index in [9.17, 15) is 0 Å². The molecule has 0 atom stereocenters. The van der Waals surface area contributed by atoms with Crippen LogP contribution in [0.4, 0.5) is 0 Å². The Bertz CT molecular complexity index is 659. The number of aryl methyl sites for hydroxylation is 1. The van der Waals surface area contributed by atoms with Crippen LogP contribution in [0.1, 0.15) is 5.01 Å². The van der Waals surface area contributed by atoms with Crippen LogP contribution in [0.2, 0.25) is 0 Å². The van der Waals surface area contributed by atoms with Crippen LogP contribution in [-0.2, 0) is 0 Å². The summed E-state index contributed by atoms with van der Waals surface area (Å²) in [6, 6.07) is 12.4. The molecule has 3 rings (SSSR count). The van der Waals surface area contributed by atoms with Crippen molar-refractivity contribution in [2.24, 2.45) is 0 Å². The third-order valence-corrected chi connectivity index (χ3v) is 3.53. The van der Waals surface area contributed by atoms with Crippen molar-refractivity contribution < 1.29 is 0 Å². The summed E-state index contributed by atoms with van der Waals surface area (Å²) in [5.74, 6) is 0. The molecule has 0 unspecified atom stereocenters. The van der Waals surface area contributed by atoms with Crippen molar-refractivity contribution in [3.8, 4) is 22.4 Å². The van der Waals surface area contributed by atoms with Gasteiger partial charge in [-0.05, 0) is 18.6 Å². The van der Waals surface area contributed by atoms with Gasteiger partial charge in [-0.2, -0.15) is 0 Å². The molecule has 0 aliphatic rings. The molecule has 0 fully saturated rings. The van der Waals surface area contributed by atoms with E-state index in [1.807, 2.05) is 37.5 Å². The van der Waals surface area contributed by atoms with Crippen molar-refractivity contribution in [3.05, 3.63) is 59.2 Å². The largest absolute Gasteiger partial charge is 0.263 e. The van der Waals surface area contributed by atoms with Gasteiger partial charge >= 0.3 is 0 Å². The van der Waals surface area contributed by atoms with E-state index in [2.05, 4.69) is 33.5 Å². The quantitative estimate of drug-likeness (QED) is 0.683. The highest BCUT2D eigenvalue weighted by atomic mass is 32.1. The Morgan fingerprint density at radius 1 is 0.944 bits per heavy atom. The first-order chi connectivity index (χ1) is 8.83. The van der Waals surface area contributed by atoms with Gasteiger partial charge in [-0.1, -0.05) is 30.3 Å². The van der Waals surface area contributed by atoms with Gasteiger partial charge in [0.2, 0.25) is 0 Å². The van der Waals surface area contributed by atoms with Gasteiger partial charge in [0.05, 0.1) is 10.7 Å². The first-order valence-corrected chi connectivity index (χ1v) is 6.64. The summed E-state index contributed by atoms with van der Waals surface area (Å²) in [5, 5.41) is 3.15. The van der Waals surface area contributed by atoms with Crippen molar-refractivity contribution in [1.82, 2.24) is 9.97 Å². The smallest absolute Gasteiger partial charge is 0.0901 e. The average molecular weight is 252 g/mol. The highest BCUT2D eigenvalue weighted by Crippen LogP contribution is 2.25. The molecule has 18 heavy (non-hydrogen) atoms. The Hall–Kier alpha value is -2.00. The summed E-state index contributed by atoms with van der Waals surface area (Å²) in [4.78, 5) is 8.81. The summed E-state index contributed by atoms with van der Waals surface area (Å²) in [5.41, 5.74) is 4.38. The predicted molar refractivity (Wildman–Crippen MR) is 75.5 cm³/mol. The summed E-state index contributed by atoms with van der Waals surface area (Å²) in [6.07, 6.45) is 3.75. The second-order valence-electron chi connectivity index (χ2n) is 4.08. The van der Waals surface area contributed by atoms with Crippen molar-refractivity contribution in [1.29, 1.82) is 0 Å². The number of aromatic nitrogens is 2. The number of thiazole rings is 1. The number of rotatable bonds is 2. The molecule has 3 aromatic rings.